The average molecular weight is 303 g/mol. The van der Waals surface area contributed by atoms with E-state index in [-0.39, 0.29) is 18.2 Å². The van der Waals surface area contributed by atoms with Crippen molar-refractivity contribution < 1.29 is 14.7 Å². The van der Waals surface area contributed by atoms with Crippen LogP contribution in [0.3, 0.4) is 0 Å². The molecule has 1 aromatic carbocycles. The van der Waals surface area contributed by atoms with E-state index >= 15 is 0 Å². The maximum atomic E-state index is 12.3. The van der Waals surface area contributed by atoms with Crippen molar-refractivity contribution in [2.75, 3.05) is 0 Å². The van der Waals surface area contributed by atoms with E-state index in [1.807, 2.05) is 19.9 Å². The van der Waals surface area contributed by atoms with Gasteiger partial charge in [-0.15, -0.1) is 0 Å². The summed E-state index contributed by atoms with van der Waals surface area (Å²) in [6.07, 6.45) is 3.64. The molecule has 120 valence electrons. The second-order valence-corrected chi connectivity index (χ2v) is 6.82. The lowest BCUT2D eigenvalue weighted by molar-refractivity contribution is -0.139. The van der Waals surface area contributed by atoms with Crippen molar-refractivity contribution in [2.45, 2.75) is 58.4 Å². The number of carboxylic acids is 1. The van der Waals surface area contributed by atoms with E-state index in [9.17, 15) is 9.59 Å². The van der Waals surface area contributed by atoms with Crippen molar-refractivity contribution in [3.63, 3.8) is 0 Å². The van der Waals surface area contributed by atoms with Gasteiger partial charge in [0.1, 0.15) is 0 Å². The molecule has 2 N–H and O–H groups in total. The number of hydrogen-bond acceptors (Lipinski definition) is 2. The molecule has 1 aliphatic carbocycles. The van der Waals surface area contributed by atoms with E-state index in [2.05, 4.69) is 17.4 Å². The van der Waals surface area contributed by atoms with Crippen LogP contribution in [0, 0.1) is 5.92 Å². The first-order chi connectivity index (χ1) is 10.3. The Morgan fingerprint density at radius 2 is 1.95 bits per heavy atom. The summed E-state index contributed by atoms with van der Waals surface area (Å²) in [5.74, 6) is -0.961. The fourth-order valence-corrected chi connectivity index (χ4v) is 2.99. The van der Waals surface area contributed by atoms with Crippen molar-refractivity contribution >= 4 is 11.9 Å². The molecule has 0 radical (unpaired) electrons. The van der Waals surface area contributed by atoms with Crippen molar-refractivity contribution in [3.8, 4) is 0 Å². The average Bonchev–Trinajstić information content (AvgIpc) is 2.84. The number of amides is 1. The van der Waals surface area contributed by atoms with E-state index in [4.69, 9.17) is 5.11 Å². The van der Waals surface area contributed by atoms with Gasteiger partial charge >= 0.3 is 5.97 Å². The van der Waals surface area contributed by atoms with Gasteiger partial charge in [0.15, 0.2) is 0 Å². The van der Waals surface area contributed by atoms with Gasteiger partial charge in [-0.2, -0.15) is 0 Å². The zero-order chi connectivity index (χ0) is 16.3. The Hall–Kier alpha value is -1.84. The fourth-order valence-electron chi connectivity index (χ4n) is 2.99. The lowest BCUT2D eigenvalue weighted by Crippen LogP contribution is -2.51. The summed E-state index contributed by atoms with van der Waals surface area (Å²) in [6.45, 7) is 5.66. The van der Waals surface area contributed by atoms with Crippen LogP contribution < -0.4 is 5.32 Å². The van der Waals surface area contributed by atoms with Crippen LogP contribution in [0.4, 0.5) is 0 Å². The Bertz CT molecular complexity index is 580. The third-order valence-corrected chi connectivity index (χ3v) is 4.75. The van der Waals surface area contributed by atoms with Crippen molar-refractivity contribution in [1.29, 1.82) is 0 Å². The van der Waals surface area contributed by atoms with E-state index in [0.717, 1.165) is 18.4 Å². The molecule has 1 aliphatic rings. The predicted octanol–water partition coefficient (Wildman–Crippen LogP) is 2.72. The number of aliphatic carboxylic acids is 1. The number of carbonyl (C=O) groups excluding carboxylic acids is 1. The Balaban J connectivity index is 2.03. The van der Waals surface area contributed by atoms with E-state index < -0.39 is 11.5 Å². The number of benzene rings is 1. The molecule has 0 spiro atoms. The molecule has 22 heavy (non-hydrogen) atoms. The number of fused-ring (bicyclic) bond motifs is 1. The minimum Gasteiger partial charge on any atom is -0.481 e. The zero-order valence-electron chi connectivity index (χ0n) is 13.6. The lowest BCUT2D eigenvalue weighted by atomic mass is 9.85. The monoisotopic (exact) mass is 303 g/mol. The molecule has 0 bridgehead atoms. The molecular formula is C18H25NO3. The van der Waals surface area contributed by atoms with Gasteiger partial charge in [0, 0.05) is 5.54 Å². The van der Waals surface area contributed by atoms with Gasteiger partial charge in [-0.3, -0.25) is 9.59 Å². The molecule has 4 nitrogen and oxygen atoms in total. The molecule has 0 saturated heterocycles. The molecular weight excluding hydrogens is 278 g/mol. The van der Waals surface area contributed by atoms with Crippen LogP contribution in [0.5, 0.6) is 0 Å². The van der Waals surface area contributed by atoms with Crippen molar-refractivity contribution in [3.05, 3.63) is 34.9 Å². The predicted molar refractivity (Wildman–Crippen MR) is 85.8 cm³/mol. The molecule has 1 unspecified atom stereocenters. The topological polar surface area (TPSA) is 66.4 Å². The molecule has 0 saturated carbocycles. The first-order valence-electron chi connectivity index (χ1n) is 7.93. The normalized spacial score (nSPS) is 16.2. The number of nitrogens with one attached hydrogen (secondary N) is 1. The second-order valence-electron chi connectivity index (χ2n) is 6.82. The van der Waals surface area contributed by atoms with Crippen LogP contribution in [0.25, 0.3) is 0 Å². The zero-order valence-corrected chi connectivity index (χ0v) is 13.6. The molecule has 0 fully saturated rings. The SMILES string of the molecule is CC(C)C(C)(CC(=O)O)NC(=O)Cc1ccc2c(c1)CCC2. The van der Waals surface area contributed by atoms with Crippen LogP contribution in [0.1, 0.15) is 50.3 Å². The van der Waals surface area contributed by atoms with Gasteiger partial charge in [-0.05, 0) is 48.8 Å². The first-order valence-corrected chi connectivity index (χ1v) is 7.93. The van der Waals surface area contributed by atoms with Gasteiger partial charge in [0.05, 0.1) is 12.8 Å². The highest BCUT2D eigenvalue weighted by Crippen LogP contribution is 2.24. The summed E-state index contributed by atoms with van der Waals surface area (Å²) >= 11 is 0. The molecule has 0 aliphatic heterocycles. The molecule has 1 atom stereocenters. The maximum absolute atomic E-state index is 12.3. The summed E-state index contributed by atoms with van der Waals surface area (Å²) in [5, 5.41) is 12.0. The molecule has 0 heterocycles. The quantitative estimate of drug-likeness (QED) is 0.849. The molecule has 1 amide bonds. The van der Waals surface area contributed by atoms with E-state index in [1.54, 1.807) is 6.92 Å². The van der Waals surface area contributed by atoms with Crippen LogP contribution in [-0.2, 0) is 28.9 Å². The largest absolute Gasteiger partial charge is 0.481 e. The Morgan fingerprint density at radius 1 is 1.27 bits per heavy atom. The van der Waals surface area contributed by atoms with Gasteiger partial charge < -0.3 is 10.4 Å². The summed E-state index contributed by atoms with van der Waals surface area (Å²) in [5.41, 5.74) is 3.02. The highest BCUT2D eigenvalue weighted by Gasteiger charge is 2.32. The van der Waals surface area contributed by atoms with Crippen LogP contribution in [0.2, 0.25) is 0 Å². The standard InChI is InChI=1S/C18H25NO3/c1-12(2)18(3,11-17(21)22)19-16(20)10-13-7-8-14-5-4-6-15(14)9-13/h7-9,12H,4-6,10-11H2,1-3H3,(H,19,20)(H,21,22). The molecule has 1 aromatic rings. The highest BCUT2D eigenvalue weighted by atomic mass is 16.4. The number of carbonyl (C=O) groups is 2. The Morgan fingerprint density at radius 3 is 2.59 bits per heavy atom. The number of hydrogen-bond donors (Lipinski definition) is 2. The minimum atomic E-state index is -0.894. The van der Waals surface area contributed by atoms with Crippen LogP contribution in [0.15, 0.2) is 18.2 Å². The number of rotatable bonds is 6. The maximum Gasteiger partial charge on any atom is 0.305 e. The third-order valence-electron chi connectivity index (χ3n) is 4.75. The Kier molecular flexibility index (Phi) is 4.89. The molecule has 2 rings (SSSR count). The highest BCUT2D eigenvalue weighted by molar-refractivity contribution is 5.80. The van der Waals surface area contributed by atoms with Gasteiger partial charge in [0.25, 0.3) is 0 Å². The first kappa shape index (κ1) is 16.5. The van der Waals surface area contributed by atoms with Crippen LogP contribution in [-0.4, -0.2) is 22.5 Å². The summed E-state index contributed by atoms with van der Waals surface area (Å²) in [6, 6.07) is 6.24. The molecule has 4 heteroatoms. The van der Waals surface area contributed by atoms with Gasteiger partial charge in [-0.25, -0.2) is 0 Å². The van der Waals surface area contributed by atoms with Crippen LogP contribution >= 0.6 is 0 Å². The van der Waals surface area contributed by atoms with Gasteiger partial charge in [-0.1, -0.05) is 32.0 Å². The minimum absolute atomic E-state index is 0.0487. The second kappa shape index (κ2) is 6.51. The fraction of sp³-hybridized carbons (Fsp3) is 0.556. The molecule has 0 aromatic heterocycles. The number of carboxylic acid groups (broad SMARTS) is 1. The smallest absolute Gasteiger partial charge is 0.305 e. The van der Waals surface area contributed by atoms with E-state index in [0.29, 0.717) is 6.42 Å². The summed E-state index contributed by atoms with van der Waals surface area (Å²) in [4.78, 5) is 23.3. The van der Waals surface area contributed by atoms with Crippen molar-refractivity contribution in [1.82, 2.24) is 5.32 Å². The van der Waals surface area contributed by atoms with Gasteiger partial charge in [0.2, 0.25) is 5.91 Å². The third kappa shape index (κ3) is 3.87. The van der Waals surface area contributed by atoms with Crippen molar-refractivity contribution in [2.24, 2.45) is 5.92 Å². The summed E-state index contributed by atoms with van der Waals surface area (Å²) in [7, 11) is 0. The summed E-state index contributed by atoms with van der Waals surface area (Å²) < 4.78 is 0. The number of aryl methyl sites for hydroxylation is 2. The Labute approximate surface area is 131 Å². The van der Waals surface area contributed by atoms with E-state index in [1.165, 1.54) is 17.5 Å². The lowest BCUT2D eigenvalue weighted by Gasteiger charge is -2.33.